The second kappa shape index (κ2) is 7.93. The average molecular weight is 314 g/mol. The van der Waals surface area contributed by atoms with Gasteiger partial charge in [-0.25, -0.2) is 0 Å². The summed E-state index contributed by atoms with van der Waals surface area (Å²) in [6.07, 6.45) is 8.66. The fourth-order valence-electron chi connectivity index (χ4n) is 3.72. The molecule has 3 heterocycles. The average Bonchev–Trinajstić information content (AvgIpc) is 3.28. The van der Waals surface area contributed by atoms with E-state index in [4.69, 9.17) is 0 Å². The Hall–Kier alpha value is -1.39. The number of hydrogen-bond acceptors (Lipinski definition) is 3. The van der Waals surface area contributed by atoms with Crippen LogP contribution in [0.15, 0.2) is 24.4 Å². The van der Waals surface area contributed by atoms with Crippen LogP contribution in [0.3, 0.4) is 0 Å². The highest BCUT2D eigenvalue weighted by atomic mass is 15.2. The molecule has 0 saturated carbocycles. The molecule has 126 valence electrons. The van der Waals surface area contributed by atoms with Gasteiger partial charge in [-0.1, -0.05) is 12.5 Å². The zero-order valence-corrected chi connectivity index (χ0v) is 14.5. The molecule has 1 unspecified atom stereocenters. The fourth-order valence-corrected chi connectivity index (χ4v) is 3.72. The van der Waals surface area contributed by atoms with Crippen molar-refractivity contribution in [2.75, 3.05) is 19.6 Å². The zero-order valence-electron chi connectivity index (χ0n) is 14.5. The Labute approximate surface area is 139 Å². The Kier molecular flexibility index (Phi) is 5.68. The third-order valence-corrected chi connectivity index (χ3v) is 5.01. The van der Waals surface area contributed by atoms with Crippen LogP contribution in [0.1, 0.15) is 57.6 Å². The number of likely N-dealkylation sites (tertiary alicyclic amines) is 1. The van der Waals surface area contributed by atoms with Gasteiger partial charge in [-0.15, -0.1) is 0 Å². The van der Waals surface area contributed by atoms with Crippen molar-refractivity contribution in [2.45, 2.75) is 58.0 Å². The van der Waals surface area contributed by atoms with Gasteiger partial charge in [-0.2, -0.15) is 5.10 Å². The predicted octanol–water partition coefficient (Wildman–Crippen LogP) is 3.87. The largest absolute Gasteiger partial charge is 0.317 e. The molecule has 4 nitrogen and oxygen atoms in total. The fraction of sp³-hybridized carbons (Fsp3) is 0.632. The van der Waals surface area contributed by atoms with Gasteiger partial charge in [0.05, 0.1) is 11.7 Å². The summed E-state index contributed by atoms with van der Waals surface area (Å²) in [4.78, 5) is 2.63. The Morgan fingerprint density at radius 3 is 2.65 bits per heavy atom. The Balaban J connectivity index is 0.000000267. The number of piperidine rings is 1. The van der Waals surface area contributed by atoms with Crippen molar-refractivity contribution in [3.8, 4) is 0 Å². The molecule has 0 spiro atoms. The van der Waals surface area contributed by atoms with Gasteiger partial charge in [-0.3, -0.25) is 10.00 Å². The van der Waals surface area contributed by atoms with E-state index < -0.39 is 0 Å². The number of fused-ring (bicyclic) bond motifs is 1. The van der Waals surface area contributed by atoms with E-state index in [9.17, 15) is 0 Å². The first-order chi connectivity index (χ1) is 11.3. The molecule has 0 amide bonds. The Morgan fingerprint density at radius 1 is 1.13 bits per heavy atom. The van der Waals surface area contributed by atoms with Crippen molar-refractivity contribution in [3.05, 3.63) is 30.0 Å². The second-order valence-electron chi connectivity index (χ2n) is 7.02. The number of nitrogens with one attached hydrogen (secondary N) is 2. The van der Waals surface area contributed by atoms with E-state index >= 15 is 0 Å². The van der Waals surface area contributed by atoms with Gasteiger partial charge in [0, 0.05) is 17.5 Å². The molecule has 2 aliphatic rings. The second-order valence-corrected chi connectivity index (χ2v) is 7.02. The van der Waals surface area contributed by atoms with Gasteiger partial charge < -0.3 is 5.32 Å². The predicted molar refractivity (Wildman–Crippen MR) is 96.6 cm³/mol. The van der Waals surface area contributed by atoms with Crippen LogP contribution in [0.25, 0.3) is 10.9 Å². The van der Waals surface area contributed by atoms with Crippen molar-refractivity contribution >= 4 is 10.9 Å². The number of nitrogens with zero attached hydrogens (tertiary/aromatic N) is 2. The lowest BCUT2D eigenvalue weighted by Crippen LogP contribution is -2.38. The first kappa shape index (κ1) is 16.5. The van der Waals surface area contributed by atoms with Crippen LogP contribution in [0.2, 0.25) is 0 Å². The lowest BCUT2D eigenvalue weighted by molar-refractivity contribution is 0.112. The minimum Gasteiger partial charge on any atom is -0.317 e. The molecule has 1 aromatic carbocycles. The maximum atomic E-state index is 4.10. The van der Waals surface area contributed by atoms with Crippen molar-refractivity contribution in [1.82, 2.24) is 20.4 Å². The summed E-state index contributed by atoms with van der Waals surface area (Å²) in [7, 11) is 0. The van der Waals surface area contributed by atoms with Crippen LogP contribution in [-0.4, -0.2) is 40.8 Å². The lowest BCUT2D eigenvalue weighted by Gasteiger charge is -2.39. The van der Waals surface area contributed by atoms with E-state index in [0.717, 1.165) is 5.52 Å². The van der Waals surface area contributed by atoms with Crippen LogP contribution in [0, 0.1) is 0 Å². The molecule has 1 atom stereocenters. The van der Waals surface area contributed by atoms with Gasteiger partial charge >= 0.3 is 0 Å². The van der Waals surface area contributed by atoms with Gasteiger partial charge in [0.15, 0.2) is 0 Å². The zero-order chi connectivity index (χ0) is 16.1. The molecular weight excluding hydrogens is 284 g/mol. The summed E-state index contributed by atoms with van der Waals surface area (Å²) < 4.78 is 0. The maximum absolute atomic E-state index is 4.10. The van der Waals surface area contributed by atoms with Crippen molar-refractivity contribution in [3.63, 3.8) is 0 Å². The molecule has 2 aliphatic heterocycles. The monoisotopic (exact) mass is 314 g/mol. The quantitative estimate of drug-likeness (QED) is 0.884. The van der Waals surface area contributed by atoms with Gasteiger partial charge in [0.25, 0.3) is 0 Å². The molecule has 4 rings (SSSR count). The topological polar surface area (TPSA) is 44.0 Å². The molecule has 23 heavy (non-hydrogen) atoms. The van der Waals surface area contributed by atoms with E-state index in [1.807, 2.05) is 6.20 Å². The minimum atomic E-state index is 0.582. The van der Waals surface area contributed by atoms with Crippen molar-refractivity contribution in [1.29, 1.82) is 0 Å². The number of aromatic nitrogens is 2. The molecule has 0 bridgehead atoms. The smallest absolute Gasteiger partial charge is 0.0650 e. The highest BCUT2D eigenvalue weighted by Gasteiger charge is 2.25. The van der Waals surface area contributed by atoms with Crippen LogP contribution in [0.5, 0.6) is 0 Å². The molecule has 4 heteroatoms. The third-order valence-electron chi connectivity index (χ3n) is 5.01. The van der Waals surface area contributed by atoms with Crippen LogP contribution >= 0.6 is 0 Å². The van der Waals surface area contributed by atoms with Crippen molar-refractivity contribution in [2.24, 2.45) is 0 Å². The molecule has 2 N–H and O–H groups in total. The number of hydrogen-bond donors (Lipinski definition) is 2. The first-order valence-corrected chi connectivity index (χ1v) is 9.15. The molecule has 0 aliphatic carbocycles. The summed E-state index contributed by atoms with van der Waals surface area (Å²) in [5.74, 6) is 0. The number of benzene rings is 1. The van der Waals surface area contributed by atoms with E-state index in [2.05, 4.69) is 52.5 Å². The van der Waals surface area contributed by atoms with Gasteiger partial charge in [-0.05, 0) is 76.9 Å². The molecule has 2 aromatic rings. The molecule has 1 aromatic heterocycles. The number of aromatic amines is 1. The van der Waals surface area contributed by atoms with Crippen LogP contribution in [0.4, 0.5) is 0 Å². The molecule has 0 radical (unpaired) electrons. The maximum Gasteiger partial charge on any atom is 0.0650 e. The summed E-state index contributed by atoms with van der Waals surface area (Å²) in [6.45, 7) is 8.33. The standard InChI is InChI=1S/C15H21N3.C4H9N/c1-11(2)18-8-4-3-5-15(18)12-6-7-14-13(9-12)10-16-17-14;1-2-4-5-3-1/h6-7,9-11,15H,3-5,8H2,1-2H3,(H,16,17);5H,1-4H2. The summed E-state index contributed by atoms with van der Waals surface area (Å²) >= 11 is 0. The lowest BCUT2D eigenvalue weighted by atomic mass is 9.93. The van der Waals surface area contributed by atoms with E-state index in [1.54, 1.807) is 0 Å². The highest BCUT2D eigenvalue weighted by molar-refractivity contribution is 5.78. The third kappa shape index (κ3) is 4.12. The SMILES string of the molecule is C1CCNC1.CC(C)N1CCCCC1c1ccc2[nH]ncc2c1. The summed E-state index contributed by atoms with van der Waals surface area (Å²) in [6, 6.07) is 7.91. The highest BCUT2D eigenvalue weighted by Crippen LogP contribution is 2.33. The Bertz CT molecular complexity index is 593. The normalized spacial score (nSPS) is 22.3. The van der Waals surface area contributed by atoms with Gasteiger partial charge in [0.1, 0.15) is 0 Å². The minimum absolute atomic E-state index is 0.582. The first-order valence-electron chi connectivity index (χ1n) is 9.15. The number of H-pyrrole nitrogens is 1. The summed E-state index contributed by atoms with van der Waals surface area (Å²) in [5, 5.41) is 11.6. The number of rotatable bonds is 2. The van der Waals surface area contributed by atoms with Crippen LogP contribution < -0.4 is 5.32 Å². The molecular formula is C19H30N4. The molecule has 2 fully saturated rings. The van der Waals surface area contributed by atoms with E-state index in [0.29, 0.717) is 12.1 Å². The molecule has 2 saturated heterocycles. The van der Waals surface area contributed by atoms with E-state index in [-0.39, 0.29) is 0 Å². The van der Waals surface area contributed by atoms with Gasteiger partial charge in [0.2, 0.25) is 0 Å². The van der Waals surface area contributed by atoms with Crippen LogP contribution in [-0.2, 0) is 0 Å². The Morgan fingerprint density at radius 2 is 1.96 bits per heavy atom. The summed E-state index contributed by atoms with van der Waals surface area (Å²) in [5.41, 5.74) is 2.57. The van der Waals surface area contributed by atoms with Crippen molar-refractivity contribution < 1.29 is 0 Å². The van der Waals surface area contributed by atoms with E-state index in [1.165, 1.54) is 62.7 Å².